The summed E-state index contributed by atoms with van der Waals surface area (Å²) >= 11 is 0. The van der Waals surface area contributed by atoms with Gasteiger partial charge in [-0.1, -0.05) is 24.3 Å². The lowest BCUT2D eigenvalue weighted by Gasteiger charge is -2.29. The number of sulfone groups is 1. The topological polar surface area (TPSA) is 63.7 Å². The molecule has 0 aliphatic carbocycles. The van der Waals surface area contributed by atoms with Crippen LogP contribution < -0.4 is 0 Å². The minimum absolute atomic E-state index is 0.191. The van der Waals surface area contributed by atoms with E-state index in [1.165, 1.54) is 0 Å². The number of nitrogens with zero attached hydrogens (tertiary/aromatic N) is 1. The van der Waals surface area contributed by atoms with Crippen molar-refractivity contribution in [2.24, 2.45) is 0 Å². The second kappa shape index (κ2) is 7.56. The number of carbonyl (C=O) groups excluding carboxylic acids is 1. The van der Waals surface area contributed by atoms with Crippen molar-refractivity contribution in [2.45, 2.75) is 26.4 Å². The molecule has 0 saturated heterocycles. The van der Waals surface area contributed by atoms with E-state index in [1.807, 2.05) is 38.1 Å². The molecular formula is C15H23NO4S. The van der Waals surface area contributed by atoms with E-state index in [4.69, 9.17) is 4.74 Å². The molecule has 1 atom stereocenters. The number of hydrogen-bond donors (Lipinski definition) is 0. The normalized spacial score (nSPS) is 13.0. The van der Waals surface area contributed by atoms with E-state index in [1.54, 1.807) is 12.0 Å². The Morgan fingerprint density at radius 3 is 2.48 bits per heavy atom. The van der Waals surface area contributed by atoms with Crippen LogP contribution >= 0.6 is 0 Å². The summed E-state index contributed by atoms with van der Waals surface area (Å²) in [6.45, 7) is 4.56. The Labute approximate surface area is 126 Å². The van der Waals surface area contributed by atoms with Crippen LogP contribution in [0.5, 0.6) is 0 Å². The first-order valence-electron chi connectivity index (χ1n) is 6.75. The van der Waals surface area contributed by atoms with Gasteiger partial charge in [-0.15, -0.1) is 0 Å². The van der Waals surface area contributed by atoms with Gasteiger partial charge in [0.1, 0.15) is 5.75 Å². The zero-order valence-corrected chi connectivity index (χ0v) is 13.8. The number of carbonyl (C=O) groups is 1. The molecule has 1 aromatic carbocycles. The van der Waals surface area contributed by atoms with E-state index in [-0.39, 0.29) is 6.04 Å². The van der Waals surface area contributed by atoms with Gasteiger partial charge in [0.15, 0.2) is 9.84 Å². The van der Waals surface area contributed by atoms with Crippen molar-refractivity contribution in [2.75, 3.05) is 25.7 Å². The van der Waals surface area contributed by atoms with Crippen LogP contribution in [-0.2, 0) is 25.9 Å². The monoisotopic (exact) mass is 313 g/mol. The smallest absolute Gasteiger partial charge is 0.238 e. The Bertz CT molecular complexity index is 583. The lowest BCUT2D eigenvalue weighted by molar-refractivity contribution is -0.132. The van der Waals surface area contributed by atoms with Crippen LogP contribution in [0.1, 0.15) is 18.1 Å². The second-order valence-electron chi connectivity index (χ2n) is 5.32. The summed E-state index contributed by atoms with van der Waals surface area (Å²) in [4.78, 5) is 13.8. The molecule has 0 aliphatic rings. The van der Waals surface area contributed by atoms with E-state index in [9.17, 15) is 13.2 Å². The van der Waals surface area contributed by atoms with Crippen LogP contribution in [0.2, 0.25) is 0 Å². The van der Waals surface area contributed by atoms with Gasteiger partial charge in [0, 0.05) is 19.9 Å². The standard InChI is InChI=1S/C15H23NO4S/c1-12-7-5-6-8-14(12)9-16(13(2)10-20-3)15(17)11-21(4,18)19/h5-8,13H,9-11H2,1-4H3. The van der Waals surface area contributed by atoms with Gasteiger partial charge < -0.3 is 9.64 Å². The van der Waals surface area contributed by atoms with Crippen molar-refractivity contribution in [1.82, 2.24) is 4.90 Å². The Kier molecular flexibility index (Phi) is 6.36. The highest BCUT2D eigenvalue weighted by Crippen LogP contribution is 2.14. The Morgan fingerprint density at radius 2 is 1.95 bits per heavy atom. The van der Waals surface area contributed by atoms with E-state index in [0.29, 0.717) is 13.2 Å². The third-order valence-corrected chi connectivity index (χ3v) is 4.02. The van der Waals surface area contributed by atoms with E-state index >= 15 is 0 Å². The average molecular weight is 313 g/mol. The minimum atomic E-state index is -3.35. The molecule has 0 fully saturated rings. The summed E-state index contributed by atoms with van der Waals surface area (Å²) < 4.78 is 27.8. The first-order chi connectivity index (χ1) is 9.74. The summed E-state index contributed by atoms with van der Waals surface area (Å²) in [5.74, 6) is -0.877. The predicted molar refractivity (Wildman–Crippen MR) is 82.8 cm³/mol. The van der Waals surface area contributed by atoms with Crippen LogP contribution in [0.4, 0.5) is 0 Å². The quantitative estimate of drug-likeness (QED) is 0.763. The summed E-state index contributed by atoms with van der Waals surface area (Å²) in [6, 6.07) is 7.55. The molecule has 0 saturated carbocycles. The van der Waals surface area contributed by atoms with Crippen LogP contribution in [0, 0.1) is 6.92 Å². The van der Waals surface area contributed by atoms with Crippen molar-refractivity contribution in [3.63, 3.8) is 0 Å². The number of benzene rings is 1. The SMILES string of the molecule is COCC(C)N(Cc1ccccc1C)C(=O)CS(C)(=O)=O. The van der Waals surface area contributed by atoms with Gasteiger partial charge in [-0.05, 0) is 25.0 Å². The molecule has 21 heavy (non-hydrogen) atoms. The van der Waals surface area contributed by atoms with Crippen LogP contribution in [0.3, 0.4) is 0 Å². The second-order valence-corrected chi connectivity index (χ2v) is 7.46. The molecule has 0 N–H and O–H groups in total. The molecule has 1 unspecified atom stereocenters. The molecular weight excluding hydrogens is 290 g/mol. The maximum absolute atomic E-state index is 12.3. The van der Waals surface area contributed by atoms with E-state index in [0.717, 1.165) is 17.4 Å². The highest BCUT2D eigenvalue weighted by atomic mass is 32.2. The van der Waals surface area contributed by atoms with Gasteiger partial charge >= 0.3 is 0 Å². The lowest BCUT2D eigenvalue weighted by atomic mass is 10.1. The molecule has 0 aliphatic heterocycles. The maximum Gasteiger partial charge on any atom is 0.238 e. The van der Waals surface area contributed by atoms with Crippen molar-refractivity contribution < 1.29 is 17.9 Å². The van der Waals surface area contributed by atoms with Gasteiger partial charge in [-0.25, -0.2) is 8.42 Å². The molecule has 0 radical (unpaired) electrons. The Balaban J connectivity index is 2.97. The number of methoxy groups -OCH3 is 1. The van der Waals surface area contributed by atoms with Crippen LogP contribution in [0.15, 0.2) is 24.3 Å². The van der Waals surface area contributed by atoms with E-state index < -0.39 is 21.5 Å². The highest BCUT2D eigenvalue weighted by Gasteiger charge is 2.23. The molecule has 5 nitrogen and oxygen atoms in total. The largest absolute Gasteiger partial charge is 0.383 e. The fraction of sp³-hybridized carbons (Fsp3) is 0.533. The van der Waals surface area contributed by atoms with Crippen LogP contribution in [0.25, 0.3) is 0 Å². The Hall–Kier alpha value is -1.40. The molecule has 0 heterocycles. The zero-order chi connectivity index (χ0) is 16.0. The number of aryl methyl sites for hydroxylation is 1. The summed E-state index contributed by atoms with van der Waals surface area (Å²) in [5, 5.41) is 0. The predicted octanol–water partition coefficient (Wildman–Crippen LogP) is 1.40. The molecule has 1 amide bonds. The molecule has 6 heteroatoms. The van der Waals surface area contributed by atoms with Gasteiger partial charge in [0.05, 0.1) is 12.6 Å². The fourth-order valence-corrected chi connectivity index (χ4v) is 2.71. The molecule has 1 aromatic rings. The Morgan fingerprint density at radius 1 is 1.33 bits per heavy atom. The third-order valence-electron chi connectivity index (χ3n) is 3.25. The third kappa shape index (κ3) is 5.85. The molecule has 0 bridgehead atoms. The van der Waals surface area contributed by atoms with E-state index in [2.05, 4.69) is 0 Å². The van der Waals surface area contributed by atoms with Crippen molar-refractivity contribution >= 4 is 15.7 Å². The summed E-state index contributed by atoms with van der Waals surface area (Å²) in [6.07, 6.45) is 1.07. The van der Waals surface area contributed by atoms with Gasteiger partial charge in [-0.2, -0.15) is 0 Å². The van der Waals surface area contributed by atoms with Gasteiger partial charge in [-0.3, -0.25) is 4.79 Å². The van der Waals surface area contributed by atoms with Crippen LogP contribution in [-0.4, -0.2) is 51.0 Å². The first-order valence-corrected chi connectivity index (χ1v) is 8.81. The van der Waals surface area contributed by atoms with Crippen molar-refractivity contribution in [1.29, 1.82) is 0 Å². The summed E-state index contributed by atoms with van der Waals surface area (Å²) in [5.41, 5.74) is 2.07. The summed E-state index contributed by atoms with van der Waals surface area (Å²) in [7, 11) is -1.79. The maximum atomic E-state index is 12.3. The molecule has 0 aromatic heterocycles. The number of rotatable bonds is 7. The van der Waals surface area contributed by atoms with Gasteiger partial charge in [0.2, 0.25) is 5.91 Å². The van der Waals surface area contributed by atoms with Gasteiger partial charge in [0.25, 0.3) is 0 Å². The van der Waals surface area contributed by atoms with Crippen molar-refractivity contribution in [3.8, 4) is 0 Å². The molecule has 0 spiro atoms. The first kappa shape index (κ1) is 17.7. The fourth-order valence-electron chi connectivity index (χ4n) is 2.10. The minimum Gasteiger partial charge on any atom is -0.383 e. The number of ether oxygens (including phenoxy) is 1. The van der Waals surface area contributed by atoms with Crippen molar-refractivity contribution in [3.05, 3.63) is 35.4 Å². The lowest BCUT2D eigenvalue weighted by Crippen LogP contribution is -2.43. The highest BCUT2D eigenvalue weighted by molar-refractivity contribution is 7.91. The number of hydrogen-bond acceptors (Lipinski definition) is 4. The molecule has 1 rings (SSSR count). The number of amides is 1. The molecule has 118 valence electrons. The zero-order valence-electron chi connectivity index (χ0n) is 13.0. The average Bonchev–Trinajstić information content (AvgIpc) is 2.35.